The van der Waals surface area contributed by atoms with Crippen molar-refractivity contribution >= 4 is 29.0 Å². The second-order valence-electron chi connectivity index (χ2n) is 8.62. The van der Waals surface area contributed by atoms with Gasteiger partial charge in [0, 0.05) is 32.2 Å². The maximum atomic E-state index is 12.7. The molecule has 1 saturated heterocycles. The molecule has 1 aliphatic heterocycles. The Morgan fingerprint density at radius 3 is 2.62 bits per heavy atom. The van der Waals surface area contributed by atoms with Crippen molar-refractivity contribution in [1.29, 1.82) is 0 Å². The molecule has 8 nitrogen and oxygen atoms in total. The van der Waals surface area contributed by atoms with Crippen molar-refractivity contribution in [2.24, 2.45) is 7.05 Å². The molecular weight excluding hydrogens is 394 g/mol. The van der Waals surface area contributed by atoms with Crippen LogP contribution in [0.25, 0.3) is 5.65 Å². The summed E-state index contributed by atoms with van der Waals surface area (Å²) >= 11 is 5.97. The SMILES string of the molecule is CC[C@@H]1CN(c2cc(=O)n(C)n3cc(CCl)nc23)[C@@H](C)CN1C(=O)OC(C)(C)C. The monoisotopic (exact) mass is 423 g/mol. The summed E-state index contributed by atoms with van der Waals surface area (Å²) in [6, 6.07) is 1.59. The smallest absolute Gasteiger partial charge is 0.410 e. The van der Waals surface area contributed by atoms with Crippen LogP contribution in [-0.2, 0) is 17.7 Å². The third-order valence-electron chi connectivity index (χ3n) is 5.26. The van der Waals surface area contributed by atoms with Gasteiger partial charge in [-0.2, -0.15) is 0 Å². The van der Waals surface area contributed by atoms with E-state index < -0.39 is 5.60 Å². The third kappa shape index (κ3) is 4.22. The third-order valence-corrected chi connectivity index (χ3v) is 5.53. The number of alkyl halides is 1. The predicted octanol–water partition coefficient (Wildman–Crippen LogP) is 3.00. The molecule has 0 aromatic carbocycles. The van der Waals surface area contributed by atoms with Crippen molar-refractivity contribution in [3.8, 4) is 0 Å². The minimum absolute atomic E-state index is 0.00243. The van der Waals surface area contributed by atoms with Crippen LogP contribution in [0.3, 0.4) is 0 Å². The van der Waals surface area contributed by atoms with E-state index in [0.29, 0.717) is 24.4 Å². The topological polar surface area (TPSA) is 72.1 Å². The molecule has 0 saturated carbocycles. The molecule has 0 spiro atoms. The maximum Gasteiger partial charge on any atom is 0.410 e. The molecule has 1 aliphatic rings. The van der Waals surface area contributed by atoms with Crippen LogP contribution in [0.15, 0.2) is 17.1 Å². The summed E-state index contributed by atoms with van der Waals surface area (Å²) in [7, 11) is 1.71. The number of imidazole rings is 1. The van der Waals surface area contributed by atoms with Gasteiger partial charge in [-0.25, -0.2) is 19.0 Å². The number of rotatable bonds is 3. The zero-order chi connectivity index (χ0) is 21.5. The normalized spacial score (nSPS) is 20.4. The molecule has 0 bridgehead atoms. The van der Waals surface area contributed by atoms with Crippen LogP contribution in [0.5, 0.6) is 0 Å². The highest BCUT2D eigenvalue weighted by Gasteiger charge is 2.37. The number of anilines is 1. The minimum atomic E-state index is -0.540. The van der Waals surface area contributed by atoms with Crippen molar-refractivity contribution in [2.75, 3.05) is 18.0 Å². The first-order chi connectivity index (χ1) is 13.6. The number of hydrogen-bond donors (Lipinski definition) is 0. The Labute approximate surface area is 176 Å². The van der Waals surface area contributed by atoms with Crippen LogP contribution >= 0.6 is 11.6 Å². The van der Waals surface area contributed by atoms with Crippen molar-refractivity contribution in [1.82, 2.24) is 19.1 Å². The molecule has 0 radical (unpaired) electrons. The van der Waals surface area contributed by atoms with Crippen molar-refractivity contribution in [2.45, 2.75) is 64.6 Å². The number of hydrogen-bond acceptors (Lipinski definition) is 5. The van der Waals surface area contributed by atoms with Crippen molar-refractivity contribution < 1.29 is 9.53 Å². The number of fused-ring (bicyclic) bond motifs is 1. The lowest BCUT2D eigenvalue weighted by Gasteiger charge is -2.46. The number of carbonyl (C=O) groups excluding carboxylic acids is 1. The van der Waals surface area contributed by atoms with Crippen LogP contribution in [0, 0.1) is 0 Å². The number of carbonyl (C=O) groups is 1. The number of aryl methyl sites for hydroxylation is 1. The Balaban J connectivity index is 1.97. The van der Waals surface area contributed by atoms with Crippen LogP contribution in [0.1, 0.15) is 46.7 Å². The molecule has 0 N–H and O–H groups in total. The first kappa shape index (κ1) is 21.5. The standard InChI is InChI=1S/C20H30ClN5O3/c1-7-15-12-24(13(2)10-25(15)19(28)29-20(3,4)5)16-8-17(27)23(6)26-11-14(9-21)22-18(16)26/h8,11,13,15H,7,9-10,12H2,1-6H3/t13-,15+/m0/s1. The van der Waals surface area contributed by atoms with Crippen molar-refractivity contribution in [3.05, 3.63) is 28.3 Å². The summed E-state index contributed by atoms with van der Waals surface area (Å²) in [5.41, 5.74) is 1.50. The first-order valence-corrected chi connectivity index (χ1v) is 10.5. The summed E-state index contributed by atoms with van der Waals surface area (Å²) < 4.78 is 8.86. The van der Waals surface area contributed by atoms with E-state index in [4.69, 9.17) is 16.3 Å². The quantitative estimate of drug-likeness (QED) is 0.709. The summed E-state index contributed by atoms with van der Waals surface area (Å²) in [6.07, 6.45) is 2.27. The van der Waals surface area contributed by atoms with Crippen LogP contribution in [-0.4, -0.2) is 55.9 Å². The van der Waals surface area contributed by atoms with Gasteiger partial charge >= 0.3 is 6.09 Å². The van der Waals surface area contributed by atoms with Gasteiger partial charge in [-0.3, -0.25) is 4.79 Å². The summed E-state index contributed by atoms with van der Waals surface area (Å²) in [5.74, 6) is 0.273. The predicted molar refractivity (Wildman–Crippen MR) is 114 cm³/mol. The van der Waals surface area contributed by atoms with E-state index in [1.807, 2.05) is 27.7 Å². The number of nitrogens with zero attached hydrogens (tertiary/aromatic N) is 5. The van der Waals surface area contributed by atoms with Gasteiger partial charge in [0.25, 0.3) is 5.56 Å². The zero-order valence-electron chi connectivity index (χ0n) is 18.0. The molecule has 2 aromatic heterocycles. The molecule has 1 fully saturated rings. The van der Waals surface area contributed by atoms with E-state index in [2.05, 4.69) is 16.8 Å². The molecule has 160 valence electrons. The highest BCUT2D eigenvalue weighted by atomic mass is 35.5. The first-order valence-electron chi connectivity index (χ1n) is 9.96. The number of amides is 1. The van der Waals surface area contributed by atoms with Gasteiger partial charge < -0.3 is 14.5 Å². The fourth-order valence-corrected chi connectivity index (χ4v) is 3.87. The molecule has 3 heterocycles. The Morgan fingerprint density at radius 1 is 1.34 bits per heavy atom. The van der Waals surface area contributed by atoms with Crippen molar-refractivity contribution in [3.63, 3.8) is 0 Å². The average molecular weight is 424 g/mol. The van der Waals surface area contributed by atoms with E-state index >= 15 is 0 Å². The Kier molecular flexibility index (Phi) is 5.85. The van der Waals surface area contributed by atoms with Gasteiger partial charge in [-0.1, -0.05) is 6.92 Å². The van der Waals surface area contributed by atoms with E-state index in [1.165, 1.54) is 4.68 Å². The van der Waals surface area contributed by atoms with E-state index in [9.17, 15) is 9.59 Å². The molecule has 1 amide bonds. The van der Waals surface area contributed by atoms with Gasteiger partial charge in [0.15, 0.2) is 5.65 Å². The van der Waals surface area contributed by atoms with Gasteiger partial charge in [0.2, 0.25) is 0 Å². The molecule has 2 aromatic rings. The summed E-state index contributed by atoms with van der Waals surface area (Å²) in [5, 5.41) is 0. The molecule has 0 unspecified atom stereocenters. The van der Waals surface area contributed by atoms with Crippen LogP contribution in [0.4, 0.5) is 10.5 Å². The number of aromatic nitrogens is 3. The Morgan fingerprint density at radius 2 is 2.03 bits per heavy atom. The molecular formula is C20H30ClN5O3. The van der Waals surface area contributed by atoms with Crippen LogP contribution in [0.2, 0.25) is 0 Å². The van der Waals surface area contributed by atoms with Gasteiger partial charge in [0.05, 0.1) is 29.5 Å². The second-order valence-corrected chi connectivity index (χ2v) is 8.89. The second kappa shape index (κ2) is 7.89. The molecule has 0 aliphatic carbocycles. The number of ether oxygens (including phenoxy) is 1. The van der Waals surface area contributed by atoms with Crippen LogP contribution < -0.4 is 10.5 Å². The van der Waals surface area contributed by atoms with Gasteiger partial charge in [-0.15, -0.1) is 11.6 Å². The van der Waals surface area contributed by atoms with E-state index in [-0.39, 0.29) is 29.6 Å². The van der Waals surface area contributed by atoms with E-state index in [1.54, 1.807) is 28.7 Å². The number of piperazine rings is 1. The largest absolute Gasteiger partial charge is 0.444 e. The summed E-state index contributed by atoms with van der Waals surface area (Å²) in [6.45, 7) is 10.8. The molecule has 9 heteroatoms. The highest BCUT2D eigenvalue weighted by molar-refractivity contribution is 6.16. The zero-order valence-corrected chi connectivity index (χ0v) is 18.7. The van der Waals surface area contributed by atoms with Gasteiger partial charge in [-0.05, 0) is 34.1 Å². The Hall–Kier alpha value is -2.22. The highest BCUT2D eigenvalue weighted by Crippen LogP contribution is 2.28. The average Bonchev–Trinajstić information content (AvgIpc) is 3.08. The lowest BCUT2D eigenvalue weighted by Crippen LogP contribution is -2.60. The molecule has 29 heavy (non-hydrogen) atoms. The fourth-order valence-electron chi connectivity index (χ4n) is 3.75. The lowest BCUT2D eigenvalue weighted by molar-refractivity contribution is 0.0106. The molecule has 3 rings (SSSR count). The number of halogens is 1. The lowest BCUT2D eigenvalue weighted by atomic mass is 10.0. The fraction of sp³-hybridized carbons (Fsp3) is 0.650. The molecule has 2 atom stereocenters. The summed E-state index contributed by atoms with van der Waals surface area (Å²) in [4.78, 5) is 33.9. The van der Waals surface area contributed by atoms with E-state index in [0.717, 1.165) is 12.1 Å². The maximum absolute atomic E-state index is 12.7. The van der Waals surface area contributed by atoms with Gasteiger partial charge in [0.1, 0.15) is 5.60 Å². The minimum Gasteiger partial charge on any atom is -0.444 e. The Bertz CT molecular complexity index is 961.